The van der Waals surface area contributed by atoms with Crippen LogP contribution in [0.25, 0.3) is 0 Å². The van der Waals surface area contributed by atoms with Gasteiger partial charge in [-0.3, -0.25) is 9.59 Å². The number of nitrogens with zero attached hydrogens (tertiary/aromatic N) is 2. The van der Waals surface area contributed by atoms with Gasteiger partial charge in [-0.2, -0.15) is 0 Å². The predicted octanol–water partition coefficient (Wildman–Crippen LogP) is 2.17. The Bertz CT molecular complexity index is 700. The average molecular weight is 404 g/mol. The number of nitrogens with one attached hydrogen (secondary N) is 1. The molecular formula is C22H33N3O4. The summed E-state index contributed by atoms with van der Waals surface area (Å²) in [5, 5.41) is 12.8. The number of carbonyl (C=O) groups is 3. The van der Waals surface area contributed by atoms with E-state index in [1.807, 2.05) is 19.0 Å². The molecule has 2 aliphatic rings. The molecule has 3 unspecified atom stereocenters. The molecule has 29 heavy (non-hydrogen) atoms. The highest BCUT2D eigenvalue weighted by molar-refractivity contribution is 5.93. The zero-order valence-corrected chi connectivity index (χ0v) is 17.5. The van der Waals surface area contributed by atoms with Gasteiger partial charge in [0.25, 0.3) is 0 Å². The van der Waals surface area contributed by atoms with E-state index in [0.717, 1.165) is 13.0 Å². The van der Waals surface area contributed by atoms with Crippen LogP contribution in [-0.2, 0) is 14.4 Å². The Balaban J connectivity index is 2.41. The Hall–Kier alpha value is -2.41. The number of rotatable bonds is 9. The van der Waals surface area contributed by atoms with Crippen molar-refractivity contribution in [1.82, 2.24) is 15.1 Å². The first-order valence-corrected chi connectivity index (χ1v) is 10.2. The van der Waals surface area contributed by atoms with Crippen molar-refractivity contribution < 1.29 is 19.5 Å². The van der Waals surface area contributed by atoms with Crippen LogP contribution in [0.5, 0.6) is 0 Å². The van der Waals surface area contributed by atoms with Gasteiger partial charge in [0.1, 0.15) is 0 Å². The van der Waals surface area contributed by atoms with Gasteiger partial charge in [0, 0.05) is 18.2 Å². The van der Waals surface area contributed by atoms with Gasteiger partial charge in [-0.05, 0) is 58.9 Å². The summed E-state index contributed by atoms with van der Waals surface area (Å²) < 4.78 is 0. The minimum absolute atomic E-state index is 0.149. The Kier molecular flexibility index (Phi) is 7.79. The number of hydrogen-bond acceptors (Lipinski definition) is 4. The number of aliphatic carboxylic acids is 1. The lowest BCUT2D eigenvalue weighted by atomic mass is 9.75. The standard InChI is InChI=1S/C22H33N3O4/c1-5-16-9-7-11-18(23-19(16)26)22(12-14-25(6-2)21(22)29)15-17(20(27)28)10-8-13-24(3)4/h5-6,15-16,18H,1-2,7-14H2,3-4H3,(H,23,26)(H,27,28). The molecule has 7 nitrogen and oxygen atoms in total. The Morgan fingerprint density at radius 1 is 1.34 bits per heavy atom. The largest absolute Gasteiger partial charge is 0.478 e. The molecule has 0 saturated carbocycles. The van der Waals surface area contributed by atoms with E-state index in [2.05, 4.69) is 18.5 Å². The fourth-order valence-corrected chi connectivity index (χ4v) is 4.29. The molecule has 3 atom stereocenters. The van der Waals surface area contributed by atoms with Crippen molar-refractivity contribution in [1.29, 1.82) is 0 Å². The van der Waals surface area contributed by atoms with Crippen LogP contribution in [-0.4, -0.2) is 65.9 Å². The minimum Gasteiger partial charge on any atom is -0.478 e. The van der Waals surface area contributed by atoms with Crippen LogP contribution in [0.15, 0.2) is 37.1 Å². The molecule has 0 aromatic rings. The van der Waals surface area contributed by atoms with Crippen molar-refractivity contribution in [3.05, 3.63) is 37.1 Å². The second-order valence-electron chi connectivity index (χ2n) is 8.19. The maximum Gasteiger partial charge on any atom is 0.331 e. The van der Waals surface area contributed by atoms with Gasteiger partial charge < -0.3 is 20.2 Å². The summed E-state index contributed by atoms with van der Waals surface area (Å²) in [5.74, 6) is -1.64. The van der Waals surface area contributed by atoms with Crippen molar-refractivity contribution in [2.24, 2.45) is 11.3 Å². The summed E-state index contributed by atoms with van der Waals surface area (Å²) in [4.78, 5) is 41.4. The maximum absolute atomic E-state index is 13.3. The monoisotopic (exact) mass is 403 g/mol. The fraction of sp³-hybridized carbons (Fsp3) is 0.591. The Morgan fingerprint density at radius 2 is 2.07 bits per heavy atom. The van der Waals surface area contributed by atoms with Gasteiger partial charge in [-0.15, -0.1) is 6.58 Å². The smallest absolute Gasteiger partial charge is 0.331 e. The van der Waals surface area contributed by atoms with Crippen LogP contribution < -0.4 is 5.32 Å². The first kappa shape index (κ1) is 22.9. The van der Waals surface area contributed by atoms with Crippen LogP contribution >= 0.6 is 0 Å². The molecule has 7 heteroatoms. The van der Waals surface area contributed by atoms with E-state index >= 15 is 0 Å². The quantitative estimate of drug-likeness (QED) is 0.455. The summed E-state index contributed by atoms with van der Waals surface area (Å²) in [6.07, 6.45) is 8.30. The molecule has 2 aliphatic heterocycles. The summed E-state index contributed by atoms with van der Waals surface area (Å²) in [6.45, 7) is 8.66. The third-order valence-electron chi connectivity index (χ3n) is 5.97. The van der Waals surface area contributed by atoms with Gasteiger partial charge in [0.05, 0.1) is 11.3 Å². The molecule has 2 N–H and O–H groups in total. The highest BCUT2D eigenvalue weighted by Gasteiger charge is 2.51. The molecule has 2 rings (SSSR count). The topological polar surface area (TPSA) is 90.0 Å². The summed E-state index contributed by atoms with van der Waals surface area (Å²) >= 11 is 0. The highest BCUT2D eigenvalue weighted by atomic mass is 16.4. The lowest BCUT2D eigenvalue weighted by Gasteiger charge is -2.34. The number of hydrogen-bond donors (Lipinski definition) is 2. The molecular weight excluding hydrogens is 370 g/mol. The first-order chi connectivity index (χ1) is 13.7. The second kappa shape index (κ2) is 9.87. The molecule has 0 aromatic carbocycles. The van der Waals surface area contributed by atoms with E-state index in [4.69, 9.17) is 0 Å². The number of carbonyl (C=O) groups excluding carboxylic acids is 2. The van der Waals surface area contributed by atoms with Crippen LogP contribution in [0.4, 0.5) is 0 Å². The third kappa shape index (κ3) is 5.15. The summed E-state index contributed by atoms with van der Waals surface area (Å²) in [6, 6.07) is -0.444. The van der Waals surface area contributed by atoms with E-state index in [1.54, 1.807) is 12.2 Å². The van der Waals surface area contributed by atoms with Crippen LogP contribution in [0.1, 0.15) is 38.5 Å². The van der Waals surface area contributed by atoms with Crippen LogP contribution in [0.2, 0.25) is 0 Å². The molecule has 0 aromatic heterocycles. The number of likely N-dealkylation sites (tertiary alicyclic amines) is 1. The van der Waals surface area contributed by atoms with Crippen LogP contribution in [0.3, 0.4) is 0 Å². The first-order valence-electron chi connectivity index (χ1n) is 10.2. The zero-order valence-electron chi connectivity index (χ0n) is 17.5. The fourth-order valence-electron chi connectivity index (χ4n) is 4.29. The normalized spacial score (nSPS) is 28.2. The van der Waals surface area contributed by atoms with Gasteiger partial charge in [0.2, 0.25) is 11.8 Å². The predicted molar refractivity (Wildman–Crippen MR) is 112 cm³/mol. The molecule has 160 valence electrons. The van der Waals surface area contributed by atoms with Crippen molar-refractivity contribution in [3.63, 3.8) is 0 Å². The van der Waals surface area contributed by atoms with E-state index in [9.17, 15) is 19.5 Å². The SMILES string of the molecule is C=CC1CCCC(C2(C=C(CCCN(C)C)C(=O)O)CCN(C=C)C2=O)NC1=O. The van der Waals surface area contributed by atoms with Crippen LogP contribution in [0, 0.1) is 11.3 Å². The van der Waals surface area contributed by atoms with Crippen molar-refractivity contribution in [3.8, 4) is 0 Å². The molecule has 2 fully saturated rings. The van der Waals surface area contributed by atoms with E-state index in [1.165, 1.54) is 11.1 Å². The number of carboxylic acid groups (broad SMARTS) is 1. The summed E-state index contributed by atoms with van der Waals surface area (Å²) in [7, 11) is 3.87. The molecule has 0 radical (unpaired) electrons. The number of amides is 2. The van der Waals surface area contributed by atoms with Crippen molar-refractivity contribution >= 4 is 17.8 Å². The van der Waals surface area contributed by atoms with E-state index < -0.39 is 17.4 Å². The number of carboxylic acids is 1. The van der Waals surface area contributed by atoms with E-state index in [0.29, 0.717) is 38.6 Å². The molecule has 2 saturated heterocycles. The zero-order chi connectivity index (χ0) is 21.6. The minimum atomic E-state index is -1.06. The van der Waals surface area contributed by atoms with Crippen molar-refractivity contribution in [2.75, 3.05) is 27.2 Å². The molecule has 0 bridgehead atoms. The highest BCUT2D eigenvalue weighted by Crippen LogP contribution is 2.41. The van der Waals surface area contributed by atoms with Gasteiger partial charge in [-0.25, -0.2) is 4.79 Å². The van der Waals surface area contributed by atoms with Gasteiger partial charge >= 0.3 is 5.97 Å². The lowest BCUT2D eigenvalue weighted by molar-refractivity contribution is -0.134. The Labute approximate surface area is 173 Å². The summed E-state index contributed by atoms with van der Waals surface area (Å²) in [5.41, 5.74) is -0.837. The average Bonchev–Trinajstić information content (AvgIpc) is 2.86. The Morgan fingerprint density at radius 3 is 2.62 bits per heavy atom. The maximum atomic E-state index is 13.3. The van der Waals surface area contributed by atoms with Crippen molar-refractivity contribution in [2.45, 2.75) is 44.6 Å². The molecule has 0 spiro atoms. The third-order valence-corrected chi connectivity index (χ3v) is 5.97. The molecule has 2 amide bonds. The van der Waals surface area contributed by atoms with Gasteiger partial charge in [0.15, 0.2) is 0 Å². The molecule has 2 heterocycles. The van der Waals surface area contributed by atoms with E-state index in [-0.39, 0.29) is 23.3 Å². The van der Waals surface area contributed by atoms with Gasteiger partial charge in [-0.1, -0.05) is 25.2 Å². The lowest BCUT2D eigenvalue weighted by Crippen LogP contribution is -2.51. The molecule has 0 aliphatic carbocycles. The second-order valence-corrected chi connectivity index (χ2v) is 8.19.